The molecule has 0 fully saturated rings. The van der Waals surface area contributed by atoms with Crippen LogP contribution in [-0.4, -0.2) is 42.0 Å². The maximum atomic E-state index is 10.6. The van der Waals surface area contributed by atoms with Gasteiger partial charge in [-0.1, -0.05) is 0 Å². The lowest BCUT2D eigenvalue weighted by atomic mass is 10.2. The van der Waals surface area contributed by atoms with Crippen molar-refractivity contribution in [3.63, 3.8) is 0 Å². The number of imidazole rings is 1. The van der Waals surface area contributed by atoms with Gasteiger partial charge >= 0.3 is 0 Å². The van der Waals surface area contributed by atoms with E-state index in [1.165, 1.54) is 0 Å². The molecular formula is C18H25N5O2. The molecule has 25 heavy (non-hydrogen) atoms. The van der Waals surface area contributed by atoms with Gasteiger partial charge in [0.2, 0.25) is 0 Å². The standard InChI is InChI=1S/C18H25N5O2/c1-14-7-15(2)23(20-14)11-17(24)10-22(12-18-5-4-6-25-18)9-16-8-19-13-21(16)3/h4-8,13,17,24H,9-12H2,1-3H3/t17-/m0/s1. The average molecular weight is 343 g/mol. The molecule has 1 N–H and O–H groups in total. The molecular weight excluding hydrogens is 318 g/mol. The molecule has 3 aromatic heterocycles. The fraction of sp³-hybridized carbons (Fsp3) is 0.444. The molecule has 7 heteroatoms. The van der Waals surface area contributed by atoms with E-state index in [-0.39, 0.29) is 0 Å². The van der Waals surface area contributed by atoms with Crippen LogP contribution in [0, 0.1) is 13.8 Å². The monoisotopic (exact) mass is 343 g/mol. The highest BCUT2D eigenvalue weighted by Gasteiger charge is 2.17. The fourth-order valence-corrected chi connectivity index (χ4v) is 2.99. The number of nitrogens with zero attached hydrogens (tertiary/aromatic N) is 5. The van der Waals surface area contributed by atoms with Gasteiger partial charge in [0, 0.05) is 32.0 Å². The molecule has 3 heterocycles. The summed E-state index contributed by atoms with van der Waals surface area (Å²) in [6.45, 7) is 6.27. The van der Waals surface area contributed by atoms with E-state index in [4.69, 9.17) is 4.42 Å². The van der Waals surface area contributed by atoms with Crippen molar-refractivity contribution in [2.45, 2.75) is 39.6 Å². The smallest absolute Gasteiger partial charge is 0.117 e. The number of hydrogen-bond acceptors (Lipinski definition) is 5. The van der Waals surface area contributed by atoms with Crippen molar-refractivity contribution < 1.29 is 9.52 Å². The Labute approximate surface area is 147 Å². The van der Waals surface area contributed by atoms with Crippen molar-refractivity contribution in [1.82, 2.24) is 24.2 Å². The molecule has 0 radical (unpaired) electrons. The lowest BCUT2D eigenvalue weighted by molar-refractivity contribution is 0.0828. The summed E-state index contributed by atoms with van der Waals surface area (Å²) in [6.07, 6.45) is 4.78. The predicted molar refractivity (Wildman–Crippen MR) is 93.7 cm³/mol. The Bertz CT molecular complexity index is 790. The molecule has 0 aromatic carbocycles. The first kappa shape index (κ1) is 17.4. The summed E-state index contributed by atoms with van der Waals surface area (Å²) in [4.78, 5) is 6.33. The first-order valence-electron chi connectivity index (χ1n) is 8.40. The maximum absolute atomic E-state index is 10.6. The third-order valence-corrected chi connectivity index (χ3v) is 4.22. The van der Waals surface area contributed by atoms with Gasteiger partial charge in [-0.15, -0.1) is 0 Å². The number of aliphatic hydroxyl groups excluding tert-OH is 1. The normalized spacial score (nSPS) is 12.8. The Balaban J connectivity index is 1.67. The Morgan fingerprint density at radius 3 is 2.76 bits per heavy atom. The summed E-state index contributed by atoms with van der Waals surface area (Å²) >= 11 is 0. The van der Waals surface area contributed by atoms with E-state index in [1.807, 2.05) is 54.5 Å². The first-order valence-corrected chi connectivity index (χ1v) is 8.40. The molecule has 0 aliphatic rings. The van der Waals surface area contributed by atoms with E-state index in [0.717, 1.165) is 22.8 Å². The van der Waals surface area contributed by atoms with Gasteiger partial charge in [-0.3, -0.25) is 9.58 Å². The van der Waals surface area contributed by atoms with Crippen LogP contribution in [0.25, 0.3) is 0 Å². The molecule has 0 aliphatic carbocycles. The topological polar surface area (TPSA) is 72.2 Å². The SMILES string of the molecule is Cc1cc(C)n(C[C@@H](O)CN(Cc2ccco2)Cc2cncn2C)n1. The zero-order chi connectivity index (χ0) is 17.8. The second kappa shape index (κ2) is 7.67. The molecule has 134 valence electrons. The lowest BCUT2D eigenvalue weighted by Gasteiger charge is -2.24. The lowest BCUT2D eigenvalue weighted by Crippen LogP contribution is -2.35. The number of aliphatic hydroxyl groups is 1. The molecule has 0 spiro atoms. The largest absolute Gasteiger partial charge is 0.468 e. The van der Waals surface area contributed by atoms with E-state index in [2.05, 4.69) is 15.0 Å². The second-order valence-corrected chi connectivity index (χ2v) is 6.51. The van der Waals surface area contributed by atoms with E-state index in [1.54, 1.807) is 12.6 Å². The molecule has 1 atom stereocenters. The van der Waals surface area contributed by atoms with Crippen LogP contribution < -0.4 is 0 Å². The van der Waals surface area contributed by atoms with E-state index >= 15 is 0 Å². The van der Waals surface area contributed by atoms with Crippen LogP contribution in [0.4, 0.5) is 0 Å². The molecule has 0 saturated carbocycles. The molecule has 0 bridgehead atoms. The van der Waals surface area contributed by atoms with E-state index in [9.17, 15) is 5.11 Å². The van der Waals surface area contributed by atoms with E-state index in [0.29, 0.717) is 26.2 Å². The Kier molecular flexibility index (Phi) is 5.35. The van der Waals surface area contributed by atoms with Crippen molar-refractivity contribution in [3.05, 3.63) is 59.8 Å². The average Bonchev–Trinajstić information content (AvgIpc) is 3.25. The van der Waals surface area contributed by atoms with Gasteiger partial charge < -0.3 is 14.1 Å². The number of furan rings is 1. The molecule has 3 aromatic rings. The molecule has 0 saturated heterocycles. The van der Waals surface area contributed by atoms with Crippen LogP contribution in [-0.2, 0) is 26.7 Å². The van der Waals surface area contributed by atoms with Crippen molar-refractivity contribution in [1.29, 1.82) is 0 Å². The van der Waals surface area contributed by atoms with E-state index < -0.39 is 6.10 Å². The number of aromatic nitrogens is 4. The minimum Gasteiger partial charge on any atom is -0.468 e. The summed E-state index contributed by atoms with van der Waals surface area (Å²) in [5.74, 6) is 0.875. The maximum Gasteiger partial charge on any atom is 0.117 e. The van der Waals surface area contributed by atoms with Crippen LogP contribution in [0.15, 0.2) is 41.4 Å². The first-order chi connectivity index (χ1) is 12.0. The molecule has 7 nitrogen and oxygen atoms in total. The summed E-state index contributed by atoms with van der Waals surface area (Å²) in [7, 11) is 1.97. The van der Waals surface area contributed by atoms with Gasteiger partial charge in [-0.25, -0.2) is 4.98 Å². The van der Waals surface area contributed by atoms with Crippen LogP contribution in [0.2, 0.25) is 0 Å². The molecule has 0 amide bonds. The fourth-order valence-electron chi connectivity index (χ4n) is 2.99. The van der Waals surface area contributed by atoms with Crippen LogP contribution in [0.5, 0.6) is 0 Å². The third kappa shape index (κ3) is 4.58. The molecule has 3 rings (SSSR count). The van der Waals surface area contributed by atoms with Gasteiger partial charge in [0.05, 0.1) is 43.2 Å². The van der Waals surface area contributed by atoms with Gasteiger partial charge in [0.1, 0.15) is 5.76 Å². The minimum absolute atomic E-state index is 0.472. The predicted octanol–water partition coefficient (Wildman–Crippen LogP) is 1.89. The summed E-state index contributed by atoms with van der Waals surface area (Å²) < 4.78 is 9.32. The Hall–Kier alpha value is -2.38. The van der Waals surface area contributed by atoms with Crippen molar-refractivity contribution in [2.24, 2.45) is 7.05 Å². The van der Waals surface area contributed by atoms with Crippen molar-refractivity contribution >= 4 is 0 Å². The van der Waals surface area contributed by atoms with Gasteiger partial charge in [-0.2, -0.15) is 5.10 Å². The molecule has 0 aliphatic heterocycles. The number of hydrogen-bond donors (Lipinski definition) is 1. The Morgan fingerprint density at radius 1 is 1.32 bits per heavy atom. The quantitative estimate of drug-likeness (QED) is 0.676. The highest BCUT2D eigenvalue weighted by molar-refractivity contribution is 5.07. The van der Waals surface area contributed by atoms with Crippen LogP contribution >= 0.6 is 0 Å². The van der Waals surface area contributed by atoms with Crippen LogP contribution in [0.1, 0.15) is 22.8 Å². The van der Waals surface area contributed by atoms with Gasteiger partial charge in [0.15, 0.2) is 0 Å². The minimum atomic E-state index is -0.527. The zero-order valence-electron chi connectivity index (χ0n) is 15.0. The number of aryl methyl sites for hydroxylation is 3. The summed E-state index contributed by atoms with van der Waals surface area (Å²) in [5.41, 5.74) is 3.11. The van der Waals surface area contributed by atoms with Gasteiger partial charge in [-0.05, 0) is 32.0 Å². The Morgan fingerprint density at radius 2 is 2.16 bits per heavy atom. The number of rotatable bonds is 8. The highest BCUT2D eigenvalue weighted by atomic mass is 16.3. The highest BCUT2D eigenvalue weighted by Crippen LogP contribution is 2.12. The van der Waals surface area contributed by atoms with Crippen molar-refractivity contribution in [2.75, 3.05) is 6.54 Å². The second-order valence-electron chi connectivity index (χ2n) is 6.51. The zero-order valence-corrected chi connectivity index (χ0v) is 15.0. The van der Waals surface area contributed by atoms with Gasteiger partial charge in [0.25, 0.3) is 0 Å². The third-order valence-electron chi connectivity index (χ3n) is 4.22. The van der Waals surface area contributed by atoms with Crippen molar-refractivity contribution in [3.8, 4) is 0 Å². The summed E-state index contributed by atoms with van der Waals surface area (Å²) in [6, 6.07) is 5.84. The summed E-state index contributed by atoms with van der Waals surface area (Å²) in [5, 5.41) is 15.0. The molecule has 0 unspecified atom stereocenters. The van der Waals surface area contributed by atoms with Crippen LogP contribution in [0.3, 0.4) is 0 Å².